The van der Waals surface area contributed by atoms with Crippen molar-refractivity contribution >= 4 is 27.1 Å². The number of aromatic nitrogens is 1. The Kier molecular flexibility index (Phi) is 5.08. The van der Waals surface area contributed by atoms with Crippen LogP contribution >= 0.6 is 11.3 Å². The summed E-state index contributed by atoms with van der Waals surface area (Å²) in [6, 6.07) is 9.78. The van der Waals surface area contributed by atoms with Crippen molar-refractivity contribution in [3.05, 3.63) is 70.7 Å². The molecule has 0 saturated heterocycles. The van der Waals surface area contributed by atoms with Gasteiger partial charge in [0.15, 0.2) is 5.78 Å². The van der Waals surface area contributed by atoms with E-state index < -0.39 is 10.0 Å². The van der Waals surface area contributed by atoms with Gasteiger partial charge in [-0.1, -0.05) is 12.1 Å². The molecule has 0 aliphatic heterocycles. The van der Waals surface area contributed by atoms with Gasteiger partial charge in [0, 0.05) is 30.1 Å². The summed E-state index contributed by atoms with van der Waals surface area (Å²) in [5.41, 5.74) is 3.25. The SMILES string of the molecule is CC(=O)c1ccc(S(=O)(=O)NCc2cncc(-c3ccsc3)c2)cc1. The lowest BCUT2D eigenvalue weighted by Gasteiger charge is -2.08. The number of rotatable bonds is 6. The molecule has 1 N–H and O–H groups in total. The molecule has 0 amide bonds. The fourth-order valence-corrected chi connectivity index (χ4v) is 3.98. The Balaban J connectivity index is 1.74. The monoisotopic (exact) mass is 372 g/mol. The van der Waals surface area contributed by atoms with E-state index in [4.69, 9.17) is 0 Å². The molecule has 2 heterocycles. The Morgan fingerprint density at radius 1 is 1.12 bits per heavy atom. The average Bonchev–Trinajstić information content (AvgIpc) is 3.15. The lowest BCUT2D eigenvalue weighted by atomic mass is 10.1. The molecule has 3 rings (SSSR count). The van der Waals surface area contributed by atoms with Crippen LogP contribution in [0.1, 0.15) is 22.8 Å². The summed E-state index contributed by atoms with van der Waals surface area (Å²) < 4.78 is 27.3. The summed E-state index contributed by atoms with van der Waals surface area (Å²) in [5.74, 6) is -0.103. The summed E-state index contributed by atoms with van der Waals surface area (Å²) in [5, 5.41) is 4.00. The first-order valence-corrected chi connectivity index (χ1v) is 9.95. The van der Waals surface area contributed by atoms with Gasteiger partial charge in [-0.15, -0.1) is 0 Å². The van der Waals surface area contributed by atoms with E-state index in [1.165, 1.54) is 31.2 Å². The first kappa shape index (κ1) is 17.5. The number of thiophene rings is 1. The largest absolute Gasteiger partial charge is 0.295 e. The van der Waals surface area contributed by atoms with Crippen LogP contribution in [0.15, 0.2) is 64.4 Å². The fraction of sp³-hybridized carbons (Fsp3) is 0.111. The summed E-state index contributed by atoms with van der Waals surface area (Å²) in [6.07, 6.45) is 3.39. The van der Waals surface area contributed by atoms with Crippen molar-refractivity contribution in [3.8, 4) is 11.1 Å². The zero-order valence-electron chi connectivity index (χ0n) is 13.5. The number of hydrogen-bond acceptors (Lipinski definition) is 5. The van der Waals surface area contributed by atoms with E-state index in [1.807, 2.05) is 22.9 Å². The Labute approximate surface area is 150 Å². The third-order valence-corrected chi connectivity index (χ3v) is 5.79. The maximum absolute atomic E-state index is 12.4. The van der Waals surface area contributed by atoms with Crippen LogP contribution in [-0.2, 0) is 16.6 Å². The minimum absolute atomic E-state index is 0.103. The van der Waals surface area contributed by atoms with E-state index >= 15 is 0 Å². The number of sulfonamides is 1. The van der Waals surface area contributed by atoms with E-state index in [1.54, 1.807) is 23.7 Å². The molecular weight excluding hydrogens is 356 g/mol. The summed E-state index contributed by atoms with van der Waals surface area (Å²) >= 11 is 1.60. The molecule has 0 saturated carbocycles. The lowest BCUT2D eigenvalue weighted by Crippen LogP contribution is -2.23. The minimum Gasteiger partial charge on any atom is -0.295 e. The molecule has 3 aromatic rings. The average molecular weight is 372 g/mol. The molecule has 25 heavy (non-hydrogen) atoms. The standard InChI is InChI=1S/C18H16N2O3S2/c1-13(21)15-2-4-18(5-3-15)25(22,23)20-10-14-8-17(11-19-9-14)16-6-7-24-12-16/h2-9,11-12,20H,10H2,1H3. The quantitative estimate of drug-likeness (QED) is 0.672. The number of ketones is 1. The van der Waals surface area contributed by atoms with Gasteiger partial charge in [-0.3, -0.25) is 9.78 Å². The molecule has 1 aromatic carbocycles. The molecule has 0 fully saturated rings. The Bertz CT molecular complexity index is 979. The number of Topliss-reactive ketones (excluding diaryl/α,β-unsaturated/α-hetero) is 1. The third-order valence-electron chi connectivity index (χ3n) is 3.69. The Morgan fingerprint density at radius 3 is 2.52 bits per heavy atom. The lowest BCUT2D eigenvalue weighted by molar-refractivity contribution is 0.101. The van der Waals surface area contributed by atoms with Crippen LogP contribution < -0.4 is 4.72 Å². The number of carbonyl (C=O) groups excluding carboxylic acids is 1. The highest BCUT2D eigenvalue weighted by atomic mass is 32.2. The summed E-state index contributed by atoms with van der Waals surface area (Å²) in [6.45, 7) is 1.58. The number of nitrogens with zero attached hydrogens (tertiary/aromatic N) is 1. The van der Waals surface area contributed by atoms with E-state index in [0.717, 1.165) is 16.7 Å². The fourth-order valence-electron chi connectivity index (χ4n) is 2.30. The molecule has 0 aliphatic rings. The molecule has 0 atom stereocenters. The van der Waals surface area contributed by atoms with Gasteiger partial charge >= 0.3 is 0 Å². The molecule has 0 aliphatic carbocycles. The van der Waals surface area contributed by atoms with Gasteiger partial charge in [0.1, 0.15) is 0 Å². The van der Waals surface area contributed by atoms with Gasteiger partial charge in [-0.2, -0.15) is 11.3 Å². The van der Waals surface area contributed by atoms with Crippen molar-refractivity contribution in [3.63, 3.8) is 0 Å². The number of nitrogens with one attached hydrogen (secondary N) is 1. The second-order valence-corrected chi connectivity index (χ2v) is 8.05. The van der Waals surface area contributed by atoms with Gasteiger partial charge < -0.3 is 0 Å². The topological polar surface area (TPSA) is 76.1 Å². The van der Waals surface area contributed by atoms with Gasteiger partial charge in [0.05, 0.1) is 4.90 Å². The van der Waals surface area contributed by atoms with Gasteiger partial charge in [-0.25, -0.2) is 13.1 Å². The second-order valence-electron chi connectivity index (χ2n) is 5.50. The third kappa shape index (κ3) is 4.19. The van der Waals surface area contributed by atoms with Gasteiger partial charge in [-0.05, 0) is 53.1 Å². The normalized spacial score (nSPS) is 11.4. The van der Waals surface area contributed by atoms with Crippen LogP contribution in [0.4, 0.5) is 0 Å². The summed E-state index contributed by atoms with van der Waals surface area (Å²) in [7, 11) is -3.65. The van der Waals surface area contributed by atoms with Crippen LogP contribution in [-0.4, -0.2) is 19.2 Å². The van der Waals surface area contributed by atoms with E-state index in [2.05, 4.69) is 9.71 Å². The first-order valence-electron chi connectivity index (χ1n) is 7.53. The summed E-state index contributed by atoms with van der Waals surface area (Å²) in [4.78, 5) is 15.6. The van der Waals surface area contributed by atoms with Crippen molar-refractivity contribution in [1.29, 1.82) is 0 Å². The van der Waals surface area contributed by atoms with Crippen molar-refractivity contribution in [1.82, 2.24) is 9.71 Å². The van der Waals surface area contributed by atoms with E-state index in [0.29, 0.717) is 5.56 Å². The first-order chi connectivity index (χ1) is 12.0. The smallest absolute Gasteiger partial charge is 0.240 e. The van der Waals surface area contributed by atoms with Crippen LogP contribution in [0, 0.1) is 0 Å². The van der Waals surface area contributed by atoms with Crippen LogP contribution in [0.3, 0.4) is 0 Å². The van der Waals surface area contributed by atoms with Crippen LogP contribution in [0.25, 0.3) is 11.1 Å². The second kappa shape index (κ2) is 7.26. The maximum Gasteiger partial charge on any atom is 0.240 e. The predicted octanol–water partition coefficient (Wildman–Crippen LogP) is 3.49. The van der Waals surface area contributed by atoms with Gasteiger partial charge in [0.25, 0.3) is 0 Å². The Morgan fingerprint density at radius 2 is 1.88 bits per heavy atom. The van der Waals surface area contributed by atoms with Crippen molar-refractivity contribution in [2.75, 3.05) is 0 Å². The zero-order valence-corrected chi connectivity index (χ0v) is 15.1. The number of hydrogen-bond donors (Lipinski definition) is 1. The predicted molar refractivity (Wildman–Crippen MR) is 98.0 cm³/mol. The molecule has 0 bridgehead atoms. The molecule has 128 valence electrons. The number of benzene rings is 1. The van der Waals surface area contributed by atoms with Crippen LogP contribution in [0.5, 0.6) is 0 Å². The van der Waals surface area contributed by atoms with Crippen molar-refractivity contribution in [2.24, 2.45) is 0 Å². The van der Waals surface area contributed by atoms with Crippen molar-refractivity contribution < 1.29 is 13.2 Å². The van der Waals surface area contributed by atoms with E-state index in [9.17, 15) is 13.2 Å². The zero-order chi connectivity index (χ0) is 17.9. The number of pyridine rings is 1. The molecule has 0 radical (unpaired) electrons. The van der Waals surface area contributed by atoms with Crippen molar-refractivity contribution in [2.45, 2.75) is 18.4 Å². The molecule has 7 heteroatoms. The Hall–Kier alpha value is -2.35. The number of carbonyl (C=O) groups is 1. The van der Waals surface area contributed by atoms with Crippen LogP contribution in [0.2, 0.25) is 0 Å². The molecule has 0 unspecified atom stereocenters. The molecular formula is C18H16N2O3S2. The molecule has 2 aromatic heterocycles. The highest BCUT2D eigenvalue weighted by molar-refractivity contribution is 7.89. The van der Waals surface area contributed by atoms with Gasteiger partial charge in [0.2, 0.25) is 10.0 Å². The maximum atomic E-state index is 12.4. The molecule has 5 nitrogen and oxygen atoms in total. The van der Waals surface area contributed by atoms with E-state index in [-0.39, 0.29) is 17.2 Å². The highest BCUT2D eigenvalue weighted by Crippen LogP contribution is 2.22. The molecule has 0 spiro atoms. The highest BCUT2D eigenvalue weighted by Gasteiger charge is 2.14. The minimum atomic E-state index is -3.65.